The van der Waals surface area contributed by atoms with Gasteiger partial charge in [-0.1, -0.05) is 11.3 Å². The third kappa shape index (κ3) is 3.25. The topological polar surface area (TPSA) is 88.8 Å². The maximum atomic E-state index is 12.0. The first-order chi connectivity index (χ1) is 10.6. The van der Waals surface area contributed by atoms with E-state index in [0.29, 0.717) is 55.1 Å². The Balaban J connectivity index is 1.58. The van der Waals surface area contributed by atoms with Crippen LogP contribution in [0.5, 0.6) is 0 Å². The Morgan fingerprint density at radius 1 is 1.45 bits per heavy atom. The van der Waals surface area contributed by atoms with Crippen molar-refractivity contribution in [2.45, 2.75) is 13.3 Å². The normalized spacial score (nSPS) is 15.2. The molecule has 3 rings (SSSR count). The minimum atomic E-state index is -0.198. The van der Waals surface area contributed by atoms with Crippen LogP contribution in [0.3, 0.4) is 0 Å². The van der Waals surface area contributed by atoms with Crippen molar-refractivity contribution in [2.24, 2.45) is 0 Å². The molecule has 1 saturated heterocycles. The van der Waals surface area contributed by atoms with E-state index >= 15 is 0 Å². The molecule has 2 aromatic heterocycles. The molecule has 0 radical (unpaired) electrons. The molecule has 0 atom stereocenters. The lowest BCUT2D eigenvalue weighted by Gasteiger charge is -2.26. The zero-order chi connectivity index (χ0) is 15.5. The number of nitrogens with one attached hydrogen (secondary N) is 1. The van der Waals surface area contributed by atoms with Crippen molar-refractivity contribution < 1.29 is 9.53 Å². The van der Waals surface area contributed by atoms with Crippen LogP contribution < -0.4 is 10.9 Å². The number of carbonyl (C=O) groups is 1. The van der Waals surface area contributed by atoms with Gasteiger partial charge in [0.15, 0.2) is 0 Å². The van der Waals surface area contributed by atoms with Crippen LogP contribution in [0.15, 0.2) is 10.9 Å². The van der Waals surface area contributed by atoms with Crippen molar-refractivity contribution in [1.29, 1.82) is 0 Å². The first kappa shape index (κ1) is 14.9. The molecule has 8 nitrogen and oxygen atoms in total. The molecule has 118 valence electrons. The Morgan fingerprint density at radius 3 is 3.00 bits per heavy atom. The van der Waals surface area contributed by atoms with E-state index < -0.39 is 0 Å². The average molecular weight is 323 g/mol. The Bertz CT molecular complexity index is 735. The molecular formula is C13H17N5O3S. The van der Waals surface area contributed by atoms with Crippen LogP contribution in [0.1, 0.15) is 12.1 Å². The smallest absolute Gasteiger partial charge is 0.275 e. The van der Waals surface area contributed by atoms with Crippen molar-refractivity contribution in [3.8, 4) is 0 Å². The van der Waals surface area contributed by atoms with Crippen molar-refractivity contribution in [1.82, 2.24) is 19.5 Å². The Labute approximate surface area is 130 Å². The number of ether oxygens (including phenoxy) is 1. The van der Waals surface area contributed by atoms with Crippen LogP contribution in [-0.4, -0.2) is 58.3 Å². The highest BCUT2D eigenvalue weighted by Crippen LogP contribution is 2.16. The predicted molar refractivity (Wildman–Crippen MR) is 82.4 cm³/mol. The second kappa shape index (κ2) is 6.41. The standard InChI is InChI=1S/C13H17N5O3S/c1-9-8-11(20)18-13(15-9)22-12(16-18)14-3-2-10(19)17-4-6-21-7-5-17/h8H,2-7H2,1H3,(H,14,16). The third-order valence-corrected chi connectivity index (χ3v) is 4.22. The zero-order valence-electron chi connectivity index (χ0n) is 12.2. The lowest BCUT2D eigenvalue weighted by molar-refractivity contribution is -0.134. The van der Waals surface area contributed by atoms with E-state index in [1.54, 1.807) is 11.8 Å². The van der Waals surface area contributed by atoms with Gasteiger partial charge in [0, 0.05) is 37.8 Å². The molecule has 0 aliphatic carbocycles. The molecular weight excluding hydrogens is 306 g/mol. The van der Waals surface area contributed by atoms with E-state index in [4.69, 9.17) is 4.74 Å². The summed E-state index contributed by atoms with van der Waals surface area (Å²) in [5, 5.41) is 7.83. The number of aromatic nitrogens is 3. The Morgan fingerprint density at radius 2 is 2.23 bits per heavy atom. The summed E-state index contributed by atoms with van der Waals surface area (Å²) < 4.78 is 6.49. The fourth-order valence-electron chi connectivity index (χ4n) is 2.24. The monoisotopic (exact) mass is 323 g/mol. The molecule has 1 aliphatic rings. The van der Waals surface area contributed by atoms with Gasteiger partial charge < -0.3 is 15.0 Å². The molecule has 0 saturated carbocycles. The minimum absolute atomic E-state index is 0.100. The van der Waals surface area contributed by atoms with E-state index in [1.165, 1.54) is 21.9 Å². The number of morpholine rings is 1. The van der Waals surface area contributed by atoms with Crippen molar-refractivity contribution in [3.05, 3.63) is 22.1 Å². The average Bonchev–Trinajstić information content (AvgIpc) is 2.91. The fraction of sp³-hybridized carbons (Fsp3) is 0.538. The maximum Gasteiger partial charge on any atom is 0.275 e. The van der Waals surface area contributed by atoms with Gasteiger partial charge in [-0.05, 0) is 6.92 Å². The molecule has 0 spiro atoms. The largest absolute Gasteiger partial charge is 0.378 e. The van der Waals surface area contributed by atoms with Crippen LogP contribution in [-0.2, 0) is 9.53 Å². The number of rotatable bonds is 4. The van der Waals surface area contributed by atoms with Gasteiger partial charge in [0.25, 0.3) is 5.56 Å². The number of aryl methyl sites for hydroxylation is 1. The molecule has 0 aromatic carbocycles. The zero-order valence-corrected chi connectivity index (χ0v) is 13.1. The quantitative estimate of drug-likeness (QED) is 0.860. The van der Waals surface area contributed by atoms with E-state index in [1.807, 2.05) is 0 Å². The van der Waals surface area contributed by atoms with Crippen molar-refractivity contribution in [2.75, 3.05) is 38.2 Å². The molecule has 9 heteroatoms. The van der Waals surface area contributed by atoms with Gasteiger partial charge in [-0.2, -0.15) is 4.52 Å². The Hall–Kier alpha value is -2.00. The van der Waals surface area contributed by atoms with Gasteiger partial charge in [0.2, 0.25) is 16.0 Å². The molecule has 1 aliphatic heterocycles. The number of fused-ring (bicyclic) bond motifs is 1. The molecule has 22 heavy (non-hydrogen) atoms. The SMILES string of the molecule is Cc1cc(=O)n2nc(NCCC(=O)N3CCOCC3)sc2n1. The van der Waals surface area contributed by atoms with Gasteiger partial charge in [0.1, 0.15) is 0 Å². The molecule has 1 amide bonds. The number of hydrogen-bond donors (Lipinski definition) is 1. The molecule has 0 unspecified atom stereocenters. The highest BCUT2D eigenvalue weighted by atomic mass is 32.1. The van der Waals surface area contributed by atoms with Gasteiger partial charge in [-0.3, -0.25) is 9.59 Å². The molecule has 3 heterocycles. The highest BCUT2D eigenvalue weighted by molar-refractivity contribution is 7.20. The van der Waals surface area contributed by atoms with E-state index in [0.717, 1.165) is 0 Å². The Kier molecular flexibility index (Phi) is 4.34. The summed E-state index contributed by atoms with van der Waals surface area (Å²) in [6.07, 6.45) is 0.386. The van der Waals surface area contributed by atoms with Gasteiger partial charge in [0.05, 0.1) is 13.2 Å². The summed E-state index contributed by atoms with van der Waals surface area (Å²) in [5.74, 6) is 0.100. The van der Waals surface area contributed by atoms with E-state index in [-0.39, 0.29) is 11.5 Å². The summed E-state index contributed by atoms with van der Waals surface area (Å²) >= 11 is 1.30. The number of anilines is 1. The minimum Gasteiger partial charge on any atom is -0.378 e. The molecule has 1 N–H and O–H groups in total. The van der Waals surface area contributed by atoms with Crippen LogP contribution >= 0.6 is 11.3 Å². The lowest BCUT2D eigenvalue weighted by Crippen LogP contribution is -2.41. The summed E-state index contributed by atoms with van der Waals surface area (Å²) in [4.78, 5) is 30.4. The van der Waals surface area contributed by atoms with Crippen molar-refractivity contribution >= 4 is 27.3 Å². The fourth-order valence-corrected chi connectivity index (χ4v) is 3.12. The van der Waals surface area contributed by atoms with E-state index in [9.17, 15) is 9.59 Å². The number of nitrogens with zero attached hydrogens (tertiary/aromatic N) is 4. The summed E-state index contributed by atoms with van der Waals surface area (Å²) in [6.45, 7) is 4.76. The summed E-state index contributed by atoms with van der Waals surface area (Å²) in [7, 11) is 0. The third-order valence-electron chi connectivity index (χ3n) is 3.35. The second-order valence-corrected chi connectivity index (χ2v) is 5.96. The van der Waals surface area contributed by atoms with Gasteiger partial charge in [-0.15, -0.1) is 5.10 Å². The van der Waals surface area contributed by atoms with Crippen molar-refractivity contribution in [3.63, 3.8) is 0 Å². The van der Waals surface area contributed by atoms with Crippen LogP contribution in [0.25, 0.3) is 4.96 Å². The number of amides is 1. The predicted octanol–water partition coefficient (Wildman–Crippen LogP) is 0.120. The van der Waals surface area contributed by atoms with Crippen LogP contribution in [0.4, 0.5) is 5.13 Å². The van der Waals surface area contributed by atoms with E-state index in [2.05, 4.69) is 15.4 Å². The molecule has 2 aromatic rings. The maximum absolute atomic E-state index is 12.0. The molecule has 0 bridgehead atoms. The first-order valence-corrected chi connectivity index (χ1v) is 7.92. The number of hydrogen-bond acceptors (Lipinski definition) is 7. The summed E-state index contributed by atoms with van der Waals surface area (Å²) in [6, 6.07) is 1.44. The lowest BCUT2D eigenvalue weighted by atomic mass is 10.3. The first-order valence-electron chi connectivity index (χ1n) is 7.10. The van der Waals surface area contributed by atoms with Crippen LogP contribution in [0.2, 0.25) is 0 Å². The van der Waals surface area contributed by atoms with Crippen LogP contribution in [0, 0.1) is 6.92 Å². The highest BCUT2D eigenvalue weighted by Gasteiger charge is 2.16. The second-order valence-electron chi connectivity index (χ2n) is 5.01. The summed E-state index contributed by atoms with van der Waals surface area (Å²) in [5.41, 5.74) is 0.471. The van der Waals surface area contributed by atoms with Gasteiger partial charge >= 0.3 is 0 Å². The van der Waals surface area contributed by atoms with Gasteiger partial charge in [-0.25, -0.2) is 4.98 Å². The number of carbonyl (C=O) groups excluding carboxylic acids is 1. The molecule has 1 fully saturated rings.